The third-order valence-corrected chi connectivity index (χ3v) is 8.30. The highest BCUT2D eigenvalue weighted by atomic mass is 16.6. The molecule has 0 saturated carbocycles. The lowest BCUT2D eigenvalue weighted by atomic mass is 9.84. The summed E-state index contributed by atoms with van der Waals surface area (Å²) in [6.45, 7) is 0.335. The molecule has 0 N–H and O–H groups in total. The Morgan fingerprint density at radius 3 is 2.00 bits per heavy atom. The molecule has 1 amide bonds. The maximum atomic E-state index is 13.5. The number of hydrogen-bond acceptors (Lipinski definition) is 4. The maximum absolute atomic E-state index is 13.5. The zero-order valence-electron chi connectivity index (χ0n) is 20.9. The number of ether oxygens (including phenoxy) is 1. The van der Waals surface area contributed by atoms with E-state index in [1.54, 1.807) is 0 Å². The van der Waals surface area contributed by atoms with Crippen LogP contribution in [0.3, 0.4) is 0 Å². The number of piperidine rings is 1. The van der Waals surface area contributed by atoms with Gasteiger partial charge in [0, 0.05) is 49.3 Å². The first-order valence-corrected chi connectivity index (χ1v) is 13.0. The first-order chi connectivity index (χ1) is 17.5. The van der Waals surface area contributed by atoms with Crippen LogP contribution in [-0.4, -0.2) is 49.6 Å². The van der Waals surface area contributed by atoms with Crippen LogP contribution >= 0.6 is 0 Å². The smallest absolute Gasteiger partial charge is 0.410 e. The van der Waals surface area contributed by atoms with Gasteiger partial charge in [-0.25, -0.2) is 4.79 Å². The number of fused-ring (bicyclic) bond motifs is 5. The van der Waals surface area contributed by atoms with Gasteiger partial charge in [0.15, 0.2) is 5.78 Å². The largest absolute Gasteiger partial charge is 0.448 e. The number of nitrogens with zero attached hydrogens (tertiary/aromatic N) is 2. The highest BCUT2D eigenvalue weighted by Gasteiger charge is 2.46. The van der Waals surface area contributed by atoms with Gasteiger partial charge in [0.1, 0.15) is 6.61 Å². The van der Waals surface area contributed by atoms with Crippen LogP contribution < -0.4 is 4.90 Å². The standard InChI is InChI=1S/C31H32N2O3/c1-32(2)29-14-8-7-13-27(29)30(34)20-17-21-15-16-22(18-20)33(21)31(35)36-19-28-25-11-5-3-9-23(25)24-10-4-6-12-26(24)28/h3-14,20-22,28H,15-19H2,1-2H3. The average molecular weight is 481 g/mol. The Morgan fingerprint density at radius 1 is 0.833 bits per heavy atom. The number of carbonyl (C=O) groups excluding carboxylic acids is 2. The van der Waals surface area contributed by atoms with Crippen molar-refractivity contribution in [3.63, 3.8) is 0 Å². The normalized spacial score (nSPS) is 22.2. The summed E-state index contributed by atoms with van der Waals surface area (Å²) in [5.41, 5.74) is 6.63. The van der Waals surface area contributed by atoms with Crippen LogP contribution in [0.1, 0.15) is 53.1 Å². The molecule has 0 radical (unpaired) electrons. The van der Waals surface area contributed by atoms with Crippen molar-refractivity contribution in [3.8, 4) is 11.1 Å². The molecule has 5 heteroatoms. The summed E-state index contributed by atoms with van der Waals surface area (Å²) >= 11 is 0. The average Bonchev–Trinajstić information content (AvgIpc) is 3.37. The third kappa shape index (κ3) is 3.78. The number of Topliss-reactive ketones (excluding diaryl/α,β-unsaturated/α-hetero) is 1. The predicted octanol–water partition coefficient (Wildman–Crippen LogP) is 6.13. The number of carbonyl (C=O) groups is 2. The Hall–Kier alpha value is -3.60. The molecule has 2 atom stereocenters. The predicted molar refractivity (Wildman–Crippen MR) is 142 cm³/mol. The van der Waals surface area contributed by atoms with Crippen LogP contribution in [0.5, 0.6) is 0 Å². The van der Waals surface area contributed by atoms with E-state index in [2.05, 4.69) is 48.5 Å². The van der Waals surface area contributed by atoms with Crippen molar-refractivity contribution in [1.29, 1.82) is 0 Å². The molecule has 1 aliphatic carbocycles. The summed E-state index contributed by atoms with van der Waals surface area (Å²) in [6.07, 6.45) is 3.06. The summed E-state index contributed by atoms with van der Waals surface area (Å²) in [5.74, 6) is 0.199. The highest BCUT2D eigenvalue weighted by molar-refractivity contribution is 6.03. The summed E-state index contributed by atoms with van der Waals surface area (Å²) in [5, 5.41) is 0. The molecule has 6 rings (SSSR count). The molecule has 3 aromatic rings. The van der Waals surface area contributed by atoms with Crippen LogP contribution in [0.25, 0.3) is 11.1 Å². The SMILES string of the molecule is CN(C)c1ccccc1C(=O)C1CC2CCC(C1)N2C(=O)OCC1c2ccccc2-c2ccccc21. The van der Waals surface area contributed by atoms with Crippen molar-refractivity contribution in [2.24, 2.45) is 5.92 Å². The Bertz CT molecular complexity index is 1260. The molecule has 5 nitrogen and oxygen atoms in total. The summed E-state index contributed by atoms with van der Waals surface area (Å²) in [4.78, 5) is 30.8. The molecule has 0 aromatic heterocycles. The van der Waals surface area contributed by atoms with Gasteiger partial charge in [-0.15, -0.1) is 0 Å². The van der Waals surface area contributed by atoms with E-state index in [9.17, 15) is 9.59 Å². The maximum Gasteiger partial charge on any atom is 0.410 e. The van der Waals surface area contributed by atoms with Gasteiger partial charge >= 0.3 is 6.09 Å². The lowest BCUT2D eigenvalue weighted by Gasteiger charge is -2.38. The van der Waals surface area contributed by atoms with Crippen molar-refractivity contribution in [3.05, 3.63) is 89.5 Å². The topological polar surface area (TPSA) is 49.9 Å². The van der Waals surface area contributed by atoms with E-state index >= 15 is 0 Å². The van der Waals surface area contributed by atoms with E-state index in [4.69, 9.17) is 4.74 Å². The van der Waals surface area contributed by atoms with E-state index < -0.39 is 0 Å². The summed E-state index contributed by atoms with van der Waals surface area (Å²) < 4.78 is 5.99. The molecular formula is C31H32N2O3. The first kappa shape index (κ1) is 22.8. The molecule has 2 heterocycles. The molecule has 36 heavy (non-hydrogen) atoms. The van der Waals surface area contributed by atoms with Crippen molar-refractivity contribution in [1.82, 2.24) is 4.90 Å². The molecule has 3 aromatic carbocycles. The zero-order valence-corrected chi connectivity index (χ0v) is 20.9. The fraction of sp³-hybridized carbons (Fsp3) is 0.355. The number of anilines is 1. The summed E-state index contributed by atoms with van der Waals surface area (Å²) in [6, 6.07) is 24.8. The molecule has 184 valence electrons. The van der Waals surface area contributed by atoms with Gasteiger partial charge in [-0.2, -0.15) is 0 Å². The minimum atomic E-state index is -0.232. The van der Waals surface area contributed by atoms with Gasteiger partial charge in [-0.3, -0.25) is 4.79 Å². The Morgan fingerprint density at radius 2 is 1.39 bits per heavy atom. The van der Waals surface area contributed by atoms with Crippen molar-refractivity contribution in [2.75, 3.05) is 25.6 Å². The van der Waals surface area contributed by atoms with Crippen LogP contribution in [0.2, 0.25) is 0 Å². The van der Waals surface area contributed by atoms with Crippen molar-refractivity contribution in [2.45, 2.75) is 43.7 Å². The molecular weight excluding hydrogens is 448 g/mol. The van der Waals surface area contributed by atoms with Gasteiger partial charge in [0.05, 0.1) is 0 Å². The number of benzene rings is 3. The number of ketones is 1. The second kappa shape index (κ2) is 9.12. The van der Waals surface area contributed by atoms with Gasteiger partial charge in [-0.05, 0) is 60.1 Å². The fourth-order valence-electron chi connectivity index (χ4n) is 6.65. The van der Waals surface area contributed by atoms with Crippen LogP contribution in [0.4, 0.5) is 10.5 Å². The lowest BCUT2D eigenvalue weighted by Crippen LogP contribution is -2.48. The van der Waals surface area contributed by atoms with Gasteiger partial charge in [-0.1, -0.05) is 60.7 Å². The first-order valence-electron chi connectivity index (χ1n) is 13.0. The zero-order chi connectivity index (χ0) is 24.8. The van der Waals surface area contributed by atoms with Crippen LogP contribution in [0, 0.1) is 5.92 Å². The molecule has 2 fully saturated rings. The van der Waals surface area contributed by atoms with Crippen LogP contribution in [-0.2, 0) is 4.74 Å². The fourth-order valence-corrected chi connectivity index (χ4v) is 6.65. The van der Waals surface area contributed by atoms with E-state index in [-0.39, 0.29) is 35.8 Å². The quantitative estimate of drug-likeness (QED) is 0.413. The minimum absolute atomic E-state index is 0.0544. The number of hydrogen-bond donors (Lipinski definition) is 0. The number of rotatable bonds is 5. The number of amides is 1. The Kier molecular flexibility index (Phi) is 5.79. The van der Waals surface area contributed by atoms with Crippen LogP contribution in [0.15, 0.2) is 72.8 Å². The molecule has 2 bridgehead atoms. The monoisotopic (exact) mass is 480 g/mol. The minimum Gasteiger partial charge on any atom is -0.448 e. The second-order valence-electron chi connectivity index (χ2n) is 10.5. The number of para-hydroxylation sites is 1. The van der Waals surface area contributed by atoms with Crippen molar-refractivity contribution < 1.29 is 14.3 Å². The highest BCUT2D eigenvalue weighted by Crippen LogP contribution is 2.45. The van der Waals surface area contributed by atoms with E-state index in [1.165, 1.54) is 22.3 Å². The van der Waals surface area contributed by atoms with E-state index in [0.29, 0.717) is 19.4 Å². The lowest BCUT2D eigenvalue weighted by molar-refractivity contribution is 0.0506. The Labute approximate surface area is 212 Å². The molecule has 2 saturated heterocycles. The van der Waals surface area contributed by atoms with Gasteiger partial charge < -0.3 is 14.5 Å². The van der Waals surface area contributed by atoms with Gasteiger partial charge in [0.2, 0.25) is 0 Å². The van der Waals surface area contributed by atoms with E-state index in [0.717, 1.165) is 24.1 Å². The third-order valence-electron chi connectivity index (χ3n) is 8.30. The molecule has 2 unspecified atom stereocenters. The van der Waals surface area contributed by atoms with Crippen molar-refractivity contribution >= 4 is 17.6 Å². The molecule has 2 aliphatic heterocycles. The Balaban J connectivity index is 1.15. The van der Waals surface area contributed by atoms with Gasteiger partial charge in [0.25, 0.3) is 0 Å². The second-order valence-corrected chi connectivity index (χ2v) is 10.5. The molecule has 0 spiro atoms. The summed E-state index contributed by atoms with van der Waals surface area (Å²) in [7, 11) is 3.94. The van der Waals surface area contributed by atoms with E-state index in [1.807, 2.05) is 48.2 Å². The molecule has 3 aliphatic rings.